The van der Waals surface area contributed by atoms with E-state index in [0.717, 1.165) is 23.2 Å². The number of hydrogen-bond donors (Lipinski definition) is 1. The molecule has 0 aromatic carbocycles. The van der Waals surface area contributed by atoms with E-state index in [4.69, 9.17) is 0 Å². The highest BCUT2D eigenvalue weighted by atomic mass is 14.8. The van der Waals surface area contributed by atoms with E-state index in [1.165, 1.54) is 12.8 Å². The Morgan fingerprint density at radius 2 is 1.56 bits per heavy atom. The number of hydrogen-bond acceptors (Lipinski definition) is 1. The summed E-state index contributed by atoms with van der Waals surface area (Å²) in [6.45, 7) is 2.33. The maximum Gasteiger partial charge on any atom is 0.00359 e. The molecule has 1 heteroatoms. The third kappa shape index (κ3) is 1.92. The lowest BCUT2D eigenvalue weighted by molar-refractivity contribution is -0.0589. The van der Waals surface area contributed by atoms with Crippen molar-refractivity contribution >= 4 is 0 Å². The maximum atomic E-state index is 3.40. The van der Waals surface area contributed by atoms with Crippen molar-refractivity contribution in [2.45, 2.75) is 64.3 Å². The van der Waals surface area contributed by atoms with Crippen molar-refractivity contribution in [1.29, 1.82) is 0 Å². The summed E-state index contributed by atoms with van der Waals surface area (Å²) in [5, 5.41) is 3.40. The zero-order valence-corrected chi connectivity index (χ0v) is 11.0. The lowest BCUT2D eigenvalue weighted by Gasteiger charge is -2.57. The Bertz CT molecular complexity index is 223. The fourth-order valence-corrected chi connectivity index (χ4v) is 5.26. The van der Waals surface area contributed by atoms with Gasteiger partial charge in [0.1, 0.15) is 0 Å². The molecule has 4 saturated carbocycles. The van der Waals surface area contributed by atoms with Crippen molar-refractivity contribution in [2.75, 3.05) is 7.05 Å². The van der Waals surface area contributed by atoms with Crippen LogP contribution in [-0.4, -0.2) is 13.1 Å². The highest BCUT2D eigenvalue weighted by molar-refractivity contribution is 5.01. The summed E-state index contributed by atoms with van der Waals surface area (Å²) in [4.78, 5) is 0. The molecule has 4 aliphatic carbocycles. The largest absolute Gasteiger partial charge is 0.317 e. The van der Waals surface area contributed by atoms with Gasteiger partial charge in [-0.1, -0.05) is 0 Å². The Balaban J connectivity index is 1.64. The van der Waals surface area contributed by atoms with Gasteiger partial charge >= 0.3 is 0 Å². The van der Waals surface area contributed by atoms with Crippen LogP contribution in [0.25, 0.3) is 0 Å². The topological polar surface area (TPSA) is 12.0 Å². The molecule has 0 aromatic rings. The predicted molar refractivity (Wildman–Crippen MR) is 68.4 cm³/mol. The molecule has 4 aliphatic rings. The van der Waals surface area contributed by atoms with Gasteiger partial charge in [0.15, 0.2) is 0 Å². The zero-order chi connectivity index (χ0) is 11.2. The first-order valence-corrected chi connectivity index (χ1v) is 7.36. The summed E-state index contributed by atoms with van der Waals surface area (Å²) >= 11 is 0. The Kier molecular flexibility index (Phi) is 2.78. The molecule has 1 nitrogen and oxygen atoms in total. The van der Waals surface area contributed by atoms with Crippen molar-refractivity contribution < 1.29 is 0 Å². The van der Waals surface area contributed by atoms with Crippen molar-refractivity contribution in [2.24, 2.45) is 23.2 Å². The van der Waals surface area contributed by atoms with Crippen LogP contribution in [0.5, 0.6) is 0 Å². The molecule has 0 heterocycles. The number of rotatable bonds is 4. The van der Waals surface area contributed by atoms with Crippen LogP contribution in [0, 0.1) is 23.2 Å². The fraction of sp³-hybridized carbons (Fsp3) is 1.00. The van der Waals surface area contributed by atoms with Gasteiger partial charge in [0.05, 0.1) is 0 Å². The molecule has 0 radical (unpaired) electrons. The molecule has 4 fully saturated rings. The molecular formula is C15H27N. The molecule has 1 atom stereocenters. The second-order valence-electron chi connectivity index (χ2n) is 7.15. The van der Waals surface area contributed by atoms with Gasteiger partial charge in [0, 0.05) is 6.04 Å². The predicted octanol–water partition coefficient (Wildman–Crippen LogP) is 3.59. The summed E-state index contributed by atoms with van der Waals surface area (Å²) in [6.07, 6.45) is 12.4. The van der Waals surface area contributed by atoms with Crippen LogP contribution < -0.4 is 5.32 Å². The van der Waals surface area contributed by atoms with E-state index in [2.05, 4.69) is 19.3 Å². The van der Waals surface area contributed by atoms with Crippen LogP contribution in [0.4, 0.5) is 0 Å². The molecule has 0 amide bonds. The molecule has 0 aliphatic heterocycles. The van der Waals surface area contributed by atoms with Crippen LogP contribution in [0.2, 0.25) is 0 Å². The summed E-state index contributed by atoms with van der Waals surface area (Å²) < 4.78 is 0. The van der Waals surface area contributed by atoms with Gasteiger partial charge in [-0.15, -0.1) is 0 Å². The Morgan fingerprint density at radius 3 is 2.00 bits per heavy atom. The van der Waals surface area contributed by atoms with Crippen LogP contribution in [0.1, 0.15) is 58.3 Å². The molecule has 0 unspecified atom stereocenters. The second kappa shape index (κ2) is 4.01. The standard InChI is InChI=1S/C15H27N/c1-11(16-2)3-4-15-8-12-5-13(9-15)7-14(6-12)10-15/h11-14,16H,3-10H2,1-2H3/t11-,12?,13?,14?,15?/m1/s1. The van der Waals surface area contributed by atoms with E-state index in [1.807, 2.05) is 0 Å². The molecule has 1 N–H and O–H groups in total. The molecule has 92 valence electrons. The van der Waals surface area contributed by atoms with E-state index in [1.54, 1.807) is 38.5 Å². The van der Waals surface area contributed by atoms with Crippen LogP contribution in [-0.2, 0) is 0 Å². The van der Waals surface area contributed by atoms with E-state index in [9.17, 15) is 0 Å². The molecule has 0 aromatic heterocycles. The fourth-order valence-electron chi connectivity index (χ4n) is 5.26. The monoisotopic (exact) mass is 221 g/mol. The zero-order valence-electron chi connectivity index (χ0n) is 11.0. The van der Waals surface area contributed by atoms with Gasteiger partial charge in [-0.25, -0.2) is 0 Å². The quantitative estimate of drug-likeness (QED) is 0.765. The maximum absolute atomic E-state index is 3.40. The van der Waals surface area contributed by atoms with Gasteiger partial charge in [-0.2, -0.15) is 0 Å². The molecule has 16 heavy (non-hydrogen) atoms. The Labute approximate surface area is 100 Å². The van der Waals surface area contributed by atoms with Crippen LogP contribution in [0.15, 0.2) is 0 Å². The van der Waals surface area contributed by atoms with Gasteiger partial charge in [0.25, 0.3) is 0 Å². The van der Waals surface area contributed by atoms with E-state index < -0.39 is 0 Å². The minimum absolute atomic E-state index is 0.716. The van der Waals surface area contributed by atoms with Crippen LogP contribution in [0.3, 0.4) is 0 Å². The van der Waals surface area contributed by atoms with Gasteiger partial charge in [0.2, 0.25) is 0 Å². The summed E-state index contributed by atoms with van der Waals surface area (Å²) in [5.74, 6) is 3.36. The Morgan fingerprint density at radius 1 is 1.06 bits per heavy atom. The van der Waals surface area contributed by atoms with Gasteiger partial charge < -0.3 is 5.32 Å². The third-order valence-corrected chi connectivity index (χ3v) is 5.77. The van der Waals surface area contributed by atoms with Gasteiger partial charge in [-0.05, 0) is 88.5 Å². The third-order valence-electron chi connectivity index (χ3n) is 5.77. The van der Waals surface area contributed by atoms with Gasteiger partial charge in [-0.3, -0.25) is 0 Å². The Hall–Kier alpha value is -0.0400. The summed E-state index contributed by atoms with van der Waals surface area (Å²) in [5.41, 5.74) is 0.792. The summed E-state index contributed by atoms with van der Waals surface area (Å²) in [6, 6.07) is 0.716. The van der Waals surface area contributed by atoms with E-state index in [0.29, 0.717) is 6.04 Å². The molecule has 4 bridgehead atoms. The first kappa shape index (κ1) is 11.1. The minimum Gasteiger partial charge on any atom is -0.317 e. The van der Waals surface area contributed by atoms with Crippen molar-refractivity contribution in [1.82, 2.24) is 5.32 Å². The summed E-state index contributed by atoms with van der Waals surface area (Å²) in [7, 11) is 2.10. The second-order valence-corrected chi connectivity index (χ2v) is 7.15. The van der Waals surface area contributed by atoms with Crippen molar-refractivity contribution in [3.05, 3.63) is 0 Å². The first-order valence-electron chi connectivity index (χ1n) is 7.36. The average molecular weight is 221 g/mol. The van der Waals surface area contributed by atoms with Crippen molar-refractivity contribution in [3.63, 3.8) is 0 Å². The highest BCUT2D eigenvalue weighted by Gasteiger charge is 2.50. The molecule has 0 saturated heterocycles. The normalized spacial score (nSPS) is 47.2. The average Bonchev–Trinajstić information content (AvgIpc) is 2.24. The first-order chi connectivity index (χ1) is 7.69. The lowest BCUT2D eigenvalue weighted by Crippen LogP contribution is -2.46. The smallest absolute Gasteiger partial charge is 0.00359 e. The molecule has 4 rings (SSSR count). The van der Waals surface area contributed by atoms with Crippen LogP contribution >= 0.6 is 0 Å². The van der Waals surface area contributed by atoms with E-state index in [-0.39, 0.29) is 0 Å². The molecular weight excluding hydrogens is 194 g/mol. The SMILES string of the molecule is CN[C@H](C)CCC12CC3CC(CC(C3)C1)C2. The molecule has 0 spiro atoms. The van der Waals surface area contributed by atoms with E-state index >= 15 is 0 Å². The number of nitrogens with one attached hydrogen (secondary N) is 1. The lowest BCUT2D eigenvalue weighted by atomic mass is 9.48. The van der Waals surface area contributed by atoms with Crippen molar-refractivity contribution in [3.8, 4) is 0 Å². The minimum atomic E-state index is 0.716. The highest BCUT2D eigenvalue weighted by Crippen LogP contribution is 2.61.